The molecular formula is C8H12Cl2N2O. The van der Waals surface area contributed by atoms with E-state index in [-0.39, 0.29) is 0 Å². The Morgan fingerprint density at radius 3 is 2.85 bits per heavy atom. The van der Waals surface area contributed by atoms with Crippen LogP contribution < -0.4 is 0 Å². The summed E-state index contributed by atoms with van der Waals surface area (Å²) in [4.78, 5) is 3.87. The number of nitrogens with zero attached hydrogens (tertiary/aromatic N) is 2. The first kappa shape index (κ1) is 10.8. The predicted molar refractivity (Wildman–Crippen MR) is 53.4 cm³/mol. The van der Waals surface area contributed by atoms with Crippen molar-refractivity contribution in [1.82, 2.24) is 9.55 Å². The van der Waals surface area contributed by atoms with Gasteiger partial charge in [0.2, 0.25) is 0 Å². The van der Waals surface area contributed by atoms with Crippen molar-refractivity contribution in [3.8, 4) is 0 Å². The summed E-state index contributed by atoms with van der Waals surface area (Å²) >= 11 is 11.5. The minimum atomic E-state index is 0.359. The van der Waals surface area contributed by atoms with Crippen molar-refractivity contribution in [2.45, 2.75) is 19.9 Å². The highest BCUT2D eigenvalue weighted by Crippen LogP contribution is 2.19. The van der Waals surface area contributed by atoms with Crippen LogP contribution in [0.15, 0.2) is 6.33 Å². The maximum Gasteiger partial charge on any atom is 0.166 e. The Morgan fingerprint density at radius 1 is 1.54 bits per heavy atom. The van der Waals surface area contributed by atoms with Crippen LogP contribution in [0.2, 0.25) is 10.3 Å². The maximum absolute atomic E-state index is 5.85. The summed E-state index contributed by atoms with van der Waals surface area (Å²) in [7, 11) is 0. The number of rotatable bonds is 5. The third kappa shape index (κ3) is 3.18. The van der Waals surface area contributed by atoms with E-state index in [2.05, 4.69) is 4.98 Å². The predicted octanol–water partition coefficient (Wildman–Crippen LogP) is 2.62. The van der Waals surface area contributed by atoms with Gasteiger partial charge in [0.25, 0.3) is 0 Å². The molecule has 0 spiro atoms. The van der Waals surface area contributed by atoms with Gasteiger partial charge in [-0.3, -0.25) is 0 Å². The number of hydrogen-bond donors (Lipinski definition) is 0. The van der Waals surface area contributed by atoms with Crippen molar-refractivity contribution in [2.24, 2.45) is 0 Å². The van der Waals surface area contributed by atoms with Gasteiger partial charge in [0.05, 0.1) is 6.33 Å². The van der Waals surface area contributed by atoms with Crippen LogP contribution in [-0.4, -0.2) is 22.8 Å². The quantitative estimate of drug-likeness (QED) is 0.717. The van der Waals surface area contributed by atoms with E-state index in [4.69, 9.17) is 27.9 Å². The molecule has 0 unspecified atom stereocenters. The number of halogens is 2. The number of imidazole rings is 1. The second-order valence-electron chi connectivity index (χ2n) is 2.57. The van der Waals surface area contributed by atoms with E-state index in [9.17, 15) is 0 Å². The normalized spacial score (nSPS) is 10.7. The largest absolute Gasteiger partial charge is 0.382 e. The van der Waals surface area contributed by atoms with Crippen LogP contribution in [0.4, 0.5) is 0 Å². The van der Waals surface area contributed by atoms with Crippen LogP contribution >= 0.6 is 23.2 Å². The molecule has 0 bridgehead atoms. The molecule has 0 aliphatic rings. The minimum Gasteiger partial charge on any atom is -0.382 e. The fourth-order valence-corrected chi connectivity index (χ4v) is 1.31. The van der Waals surface area contributed by atoms with Gasteiger partial charge in [0, 0.05) is 19.8 Å². The Morgan fingerprint density at radius 2 is 2.31 bits per heavy atom. The lowest BCUT2D eigenvalue weighted by Gasteiger charge is -2.03. The van der Waals surface area contributed by atoms with Crippen molar-refractivity contribution >= 4 is 23.2 Å². The van der Waals surface area contributed by atoms with Gasteiger partial charge in [-0.1, -0.05) is 23.2 Å². The molecule has 0 fully saturated rings. The van der Waals surface area contributed by atoms with E-state index in [1.165, 1.54) is 0 Å². The van der Waals surface area contributed by atoms with Crippen molar-refractivity contribution in [3.05, 3.63) is 16.6 Å². The summed E-state index contributed by atoms with van der Waals surface area (Å²) in [5, 5.41) is 0.858. The van der Waals surface area contributed by atoms with Gasteiger partial charge in [0.15, 0.2) is 5.15 Å². The molecule has 0 atom stereocenters. The van der Waals surface area contributed by atoms with Crippen molar-refractivity contribution in [2.75, 3.05) is 13.2 Å². The Bertz CT molecular complexity index is 263. The second-order valence-corrected chi connectivity index (χ2v) is 3.29. The van der Waals surface area contributed by atoms with Crippen molar-refractivity contribution < 1.29 is 4.74 Å². The SMILES string of the molecule is CCOCCCn1cnc(Cl)c1Cl. The summed E-state index contributed by atoms with van der Waals surface area (Å²) in [5.74, 6) is 0. The fourth-order valence-electron chi connectivity index (χ4n) is 0.980. The topological polar surface area (TPSA) is 27.1 Å². The highest BCUT2D eigenvalue weighted by Gasteiger charge is 2.04. The van der Waals surface area contributed by atoms with Crippen molar-refractivity contribution in [1.29, 1.82) is 0 Å². The lowest BCUT2D eigenvalue weighted by atomic mass is 10.4. The van der Waals surface area contributed by atoms with E-state index in [1.54, 1.807) is 6.33 Å². The van der Waals surface area contributed by atoms with Gasteiger partial charge < -0.3 is 9.30 Å². The molecule has 1 rings (SSSR count). The molecule has 1 aromatic rings. The average Bonchev–Trinajstić information content (AvgIpc) is 2.43. The van der Waals surface area contributed by atoms with Crippen molar-refractivity contribution in [3.63, 3.8) is 0 Å². The highest BCUT2D eigenvalue weighted by molar-refractivity contribution is 6.40. The zero-order chi connectivity index (χ0) is 9.68. The van der Waals surface area contributed by atoms with Crippen LogP contribution in [0, 0.1) is 0 Å². The van der Waals surface area contributed by atoms with Gasteiger partial charge in [-0.15, -0.1) is 0 Å². The third-order valence-electron chi connectivity index (χ3n) is 1.62. The van der Waals surface area contributed by atoms with Gasteiger partial charge in [0.1, 0.15) is 5.15 Å². The van der Waals surface area contributed by atoms with Crippen LogP contribution in [0.3, 0.4) is 0 Å². The molecule has 1 aromatic heterocycles. The van der Waals surface area contributed by atoms with E-state index < -0.39 is 0 Å². The zero-order valence-electron chi connectivity index (χ0n) is 7.46. The van der Waals surface area contributed by atoms with Crippen LogP contribution in [0.5, 0.6) is 0 Å². The first-order valence-corrected chi connectivity index (χ1v) is 4.95. The standard InChI is InChI=1S/C8H12Cl2N2O/c1-2-13-5-3-4-12-6-11-7(9)8(12)10/h6H,2-5H2,1H3. The molecule has 0 aromatic carbocycles. The Labute approximate surface area is 87.6 Å². The van der Waals surface area contributed by atoms with Crippen LogP contribution in [0.1, 0.15) is 13.3 Å². The van der Waals surface area contributed by atoms with Crippen LogP contribution in [0.25, 0.3) is 0 Å². The summed E-state index contributed by atoms with van der Waals surface area (Å²) in [6, 6.07) is 0. The molecule has 0 amide bonds. The molecule has 3 nitrogen and oxygen atoms in total. The molecule has 5 heteroatoms. The second kappa shape index (κ2) is 5.47. The molecule has 0 saturated carbocycles. The number of hydrogen-bond acceptors (Lipinski definition) is 2. The molecule has 0 N–H and O–H groups in total. The van der Waals surface area contributed by atoms with Gasteiger partial charge in [-0.05, 0) is 13.3 Å². The maximum atomic E-state index is 5.85. The first-order chi connectivity index (χ1) is 6.25. The minimum absolute atomic E-state index is 0.359. The zero-order valence-corrected chi connectivity index (χ0v) is 8.98. The molecular weight excluding hydrogens is 211 g/mol. The van der Waals surface area contributed by atoms with E-state index in [0.29, 0.717) is 10.3 Å². The number of aryl methyl sites for hydroxylation is 1. The van der Waals surface area contributed by atoms with Gasteiger partial charge in [-0.25, -0.2) is 4.98 Å². The summed E-state index contributed by atoms with van der Waals surface area (Å²) in [6.07, 6.45) is 2.55. The average molecular weight is 223 g/mol. The number of aromatic nitrogens is 2. The smallest absolute Gasteiger partial charge is 0.166 e. The Hall–Kier alpha value is -0.250. The molecule has 1 heterocycles. The molecule has 13 heavy (non-hydrogen) atoms. The lowest BCUT2D eigenvalue weighted by molar-refractivity contribution is 0.141. The van der Waals surface area contributed by atoms with E-state index >= 15 is 0 Å². The fraction of sp³-hybridized carbons (Fsp3) is 0.625. The molecule has 74 valence electrons. The monoisotopic (exact) mass is 222 g/mol. The van der Waals surface area contributed by atoms with Gasteiger partial charge in [-0.2, -0.15) is 0 Å². The number of ether oxygens (including phenoxy) is 1. The lowest BCUT2D eigenvalue weighted by Crippen LogP contribution is -2.01. The van der Waals surface area contributed by atoms with E-state index in [0.717, 1.165) is 26.2 Å². The molecule has 0 radical (unpaired) electrons. The van der Waals surface area contributed by atoms with Crippen LogP contribution in [-0.2, 0) is 11.3 Å². The summed E-state index contributed by atoms with van der Waals surface area (Å²) in [5.41, 5.74) is 0. The third-order valence-corrected chi connectivity index (χ3v) is 2.39. The Kier molecular flexibility index (Phi) is 4.56. The van der Waals surface area contributed by atoms with Gasteiger partial charge >= 0.3 is 0 Å². The Balaban J connectivity index is 2.32. The van der Waals surface area contributed by atoms with E-state index in [1.807, 2.05) is 11.5 Å². The summed E-state index contributed by atoms with van der Waals surface area (Å²) in [6.45, 7) is 4.25. The molecule has 0 aliphatic heterocycles. The highest BCUT2D eigenvalue weighted by atomic mass is 35.5. The first-order valence-electron chi connectivity index (χ1n) is 4.19. The summed E-state index contributed by atoms with van der Waals surface area (Å²) < 4.78 is 7.00. The molecule has 0 saturated heterocycles. The molecule has 0 aliphatic carbocycles.